The van der Waals surface area contributed by atoms with E-state index in [0.29, 0.717) is 5.56 Å². The summed E-state index contributed by atoms with van der Waals surface area (Å²) in [6, 6.07) is 15.5. The van der Waals surface area contributed by atoms with Gasteiger partial charge in [0.1, 0.15) is 0 Å². The highest BCUT2D eigenvalue weighted by Crippen LogP contribution is 2.21. The quantitative estimate of drug-likeness (QED) is 0.481. The fourth-order valence-electron chi connectivity index (χ4n) is 3.85. The Morgan fingerprint density at radius 1 is 1.04 bits per heavy atom. The summed E-state index contributed by atoms with van der Waals surface area (Å²) in [4.78, 5) is 29.0. The van der Waals surface area contributed by atoms with E-state index in [2.05, 4.69) is 41.3 Å². The average molecular weight is 492 g/mol. The van der Waals surface area contributed by atoms with Crippen molar-refractivity contribution in [3.8, 4) is 0 Å². The number of piperazine rings is 1. The number of amides is 1. The Morgan fingerprint density at radius 2 is 1.68 bits per heavy atom. The number of ether oxygens (including phenoxy) is 1. The Balaban J connectivity index is 1.66. The van der Waals surface area contributed by atoms with Crippen LogP contribution in [-0.2, 0) is 11.3 Å². The van der Waals surface area contributed by atoms with Gasteiger partial charge in [-0.05, 0) is 72.3 Å². The van der Waals surface area contributed by atoms with Gasteiger partial charge in [0.05, 0.1) is 12.7 Å². The molecular formula is C22H25IN2O3. The number of carbonyl (C=O) groups is 2. The SMILES string of the molecule is COC(=O)c1ccc(CN2C[C@@H](C)N(C(=O)c3cccc(I)c3)[C@@H](C)C2)cc1. The van der Waals surface area contributed by atoms with Gasteiger partial charge in [-0.15, -0.1) is 0 Å². The molecule has 1 amide bonds. The summed E-state index contributed by atoms with van der Waals surface area (Å²) in [7, 11) is 1.39. The molecule has 1 heterocycles. The second kappa shape index (κ2) is 9.05. The van der Waals surface area contributed by atoms with Gasteiger partial charge in [0.2, 0.25) is 0 Å². The third kappa shape index (κ3) is 4.72. The Hall–Kier alpha value is -1.93. The van der Waals surface area contributed by atoms with E-state index in [1.165, 1.54) is 7.11 Å². The summed E-state index contributed by atoms with van der Waals surface area (Å²) in [6.07, 6.45) is 0. The Labute approximate surface area is 179 Å². The second-order valence-corrected chi connectivity index (χ2v) is 8.55. The van der Waals surface area contributed by atoms with E-state index in [1.807, 2.05) is 41.3 Å². The molecule has 5 nitrogen and oxygen atoms in total. The minimum Gasteiger partial charge on any atom is -0.465 e. The Bertz CT molecular complexity index is 841. The molecule has 1 saturated heterocycles. The summed E-state index contributed by atoms with van der Waals surface area (Å²) >= 11 is 2.24. The molecule has 0 aromatic heterocycles. The van der Waals surface area contributed by atoms with E-state index < -0.39 is 0 Å². The first-order valence-electron chi connectivity index (χ1n) is 9.37. The summed E-state index contributed by atoms with van der Waals surface area (Å²) in [6.45, 7) is 6.64. The highest BCUT2D eigenvalue weighted by atomic mass is 127. The van der Waals surface area contributed by atoms with Gasteiger partial charge in [0.15, 0.2) is 0 Å². The lowest BCUT2D eigenvalue weighted by molar-refractivity contribution is 0.0268. The zero-order valence-electron chi connectivity index (χ0n) is 16.4. The largest absolute Gasteiger partial charge is 0.465 e. The van der Waals surface area contributed by atoms with Crippen LogP contribution in [0.1, 0.15) is 40.1 Å². The lowest BCUT2D eigenvalue weighted by atomic mass is 10.0. The molecule has 2 atom stereocenters. The minimum absolute atomic E-state index is 0.0978. The average Bonchev–Trinajstić information content (AvgIpc) is 2.67. The van der Waals surface area contributed by atoms with Crippen LogP contribution < -0.4 is 0 Å². The molecule has 0 spiro atoms. The maximum atomic E-state index is 13.0. The molecule has 0 aliphatic carbocycles. The Morgan fingerprint density at radius 3 is 2.25 bits per heavy atom. The molecule has 0 radical (unpaired) electrons. The van der Waals surface area contributed by atoms with Crippen LogP contribution in [-0.4, -0.2) is 54.0 Å². The zero-order chi connectivity index (χ0) is 20.3. The van der Waals surface area contributed by atoms with E-state index >= 15 is 0 Å². The van der Waals surface area contributed by atoms with Gasteiger partial charge >= 0.3 is 5.97 Å². The first-order chi connectivity index (χ1) is 13.4. The van der Waals surface area contributed by atoms with E-state index in [4.69, 9.17) is 4.74 Å². The van der Waals surface area contributed by atoms with Crippen molar-refractivity contribution < 1.29 is 14.3 Å². The number of methoxy groups -OCH3 is 1. The third-order valence-corrected chi connectivity index (χ3v) is 5.75. The van der Waals surface area contributed by atoms with Gasteiger partial charge in [-0.3, -0.25) is 9.69 Å². The van der Waals surface area contributed by atoms with E-state index in [1.54, 1.807) is 12.1 Å². The topological polar surface area (TPSA) is 49.9 Å². The van der Waals surface area contributed by atoms with Crippen LogP contribution in [0, 0.1) is 3.57 Å². The van der Waals surface area contributed by atoms with Crippen molar-refractivity contribution >= 4 is 34.5 Å². The number of hydrogen-bond donors (Lipinski definition) is 0. The first kappa shape index (κ1) is 20.8. The van der Waals surface area contributed by atoms with Crippen LogP contribution in [0.3, 0.4) is 0 Å². The lowest BCUT2D eigenvalue weighted by Gasteiger charge is -2.44. The van der Waals surface area contributed by atoms with Crippen molar-refractivity contribution in [1.29, 1.82) is 0 Å². The minimum atomic E-state index is -0.323. The number of esters is 1. The van der Waals surface area contributed by atoms with Gasteiger partial charge in [0.25, 0.3) is 5.91 Å². The molecule has 1 aliphatic heterocycles. The number of rotatable bonds is 4. The van der Waals surface area contributed by atoms with Gasteiger partial charge in [-0.2, -0.15) is 0 Å². The van der Waals surface area contributed by atoms with Crippen molar-refractivity contribution in [2.45, 2.75) is 32.5 Å². The molecular weight excluding hydrogens is 467 g/mol. The van der Waals surface area contributed by atoms with Crippen LogP contribution >= 0.6 is 22.6 Å². The summed E-state index contributed by atoms with van der Waals surface area (Å²) in [5.74, 6) is -0.225. The summed E-state index contributed by atoms with van der Waals surface area (Å²) in [5.41, 5.74) is 2.45. The molecule has 148 valence electrons. The van der Waals surface area contributed by atoms with Crippen molar-refractivity contribution in [2.75, 3.05) is 20.2 Å². The predicted octanol–water partition coefficient (Wildman–Crippen LogP) is 3.81. The van der Waals surface area contributed by atoms with Crippen LogP contribution in [0.4, 0.5) is 0 Å². The number of hydrogen-bond acceptors (Lipinski definition) is 4. The molecule has 28 heavy (non-hydrogen) atoms. The molecule has 2 aromatic carbocycles. The third-order valence-electron chi connectivity index (χ3n) is 5.08. The first-order valence-corrected chi connectivity index (χ1v) is 10.4. The normalized spacial score (nSPS) is 20.1. The molecule has 0 saturated carbocycles. The van der Waals surface area contributed by atoms with Gasteiger partial charge in [0, 0.05) is 40.9 Å². The Kier molecular flexibility index (Phi) is 6.72. The molecule has 0 unspecified atom stereocenters. The van der Waals surface area contributed by atoms with Crippen LogP contribution in [0.15, 0.2) is 48.5 Å². The number of benzene rings is 2. The standard InChI is InChI=1S/C22H25IN2O3/c1-15-12-24(14-17-7-9-18(10-8-17)22(27)28-3)13-16(2)25(15)21(26)19-5-4-6-20(23)11-19/h4-11,15-16H,12-14H2,1-3H3/t15-,16+. The monoisotopic (exact) mass is 492 g/mol. The lowest BCUT2D eigenvalue weighted by Crippen LogP contribution is -2.58. The molecule has 1 fully saturated rings. The molecule has 6 heteroatoms. The van der Waals surface area contributed by atoms with Gasteiger partial charge in [-0.1, -0.05) is 18.2 Å². The van der Waals surface area contributed by atoms with Crippen molar-refractivity contribution in [1.82, 2.24) is 9.80 Å². The van der Waals surface area contributed by atoms with Crippen LogP contribution in [0.5, 0.6) is 0 Å². The fourth-order valence-corrected chi connectivity index (χ4v) is 4.40. The van der Waals surface area contributed by atoms with Crippen molar-refractivity contribution in [3.05, 3.63) is 68.8 Å². The van der Waals surface area contributed by atoms with E-state index in [-0.39, 0.29) is 24.0 Å². The molecule has 0 N–H and O–H groups in total. The molecule has 2 aromatic rings. The smallest absolute Gasteiger partial charge is 0.337 e. The summed E-state index contributed by atoms with van der Waals surface area (Å²) < 4.78 is 5.81. The van der Waals surface area contributed by atoms with Crippen LogP contribution in [0.25, 0.3) is 0 Å². The highest BCUT2D eigenvalue weighted by Gasteiger charge is 2.33. The van der Waals surface area contributed by atoms with Crippen molar-refractivity contribution in [2.24, 2.45) is 0 Å². The molecule has 1 aliphatic rings. The maximum absolute atomic E-state index is 13.0. The number of nitrogens with zero attached hydrogens (tertiary/aromatic N) is 2. The zero-order valence-corrected chi connectivity index (χ0v) is 18.5. The maximum Gasteiger partial charge on any atom is 0.337 e. The number of halogens is 1. The van der Waals surface area contributed by atoms with Gasteiger partial charge in [-0.25, -0.2) is 4.79 Å². The number of carbonyl (C=O) groups excluding carboxylic acids is 2. The van der Waals surface area contributed by atoms with E-state index in [9.17, 15) is 9.59 Å². The predicted molar refractivity (Wildman–Crippen MR) is 117 cm³/mol. The summed E-state index contributed by atoms with van der Waals surface area (Å²) in [5, 5.41) is 0. The van der Waals surface area contributed by atoms with E-state index in [0.717, 1.165) is 34.3 Å². The fraction of sp³-hybridized carbons (Fsp3) is 0.364. The molecule has 0 bridgehead atoms. The van der Waals surface area contributed by atoms with Crippen molar-refractivity contribution in [3.63, 3.8) is 0 Å². The highest BCUT2D eigenvalue weighted by molar-refractivity contribution is 14.1. The second-order valence-electron chi connectivity index (χ2n) is 7.30. The molecule has 3 rings (SSSR count). The van der Waals surface area contributed by atoms with Crippen LogP contribution in [0.2, 0.25) is 0 Å². The van der Waals surface area contributed by atoms with Gasteiger partial charge < -0.3 is 9.64 Å².